The number of Topliss-reactive ketones (excluding diaryl/α,β-unsaturated/α-hetero) is 2. The molecule has 30 heavy (non-hydrogen) atoms. The zero-order valence-corrected chi connectivity index (χ0v) is 18.7. The van der Waals surface area contributed by atoms with Crippen molar-refractivity contribution in [2.75, 3.05) is 19.7 Å². The minimum atomic E-state index is -0.296. The van der Waals surface area contributed by atoms with Crippen molar-refractivity contribution in [2.24, 2.45) is 52.3 Å². The normalized spacial score (nSPS) is 51.1. The second kappa shape index (κ2) is 7.55. The molecule has 4 saturated carbocycles. The lowest BCUT2D eigenvalue weighted by atomic mass is 9.42. The summed E-state index contributed by atoms with van der Waals surface area (Å²) in [6.07, 6.45) is 12.9. The van der Waals surface area contributed by atoms with Crippen LogP contribution in [0.25, 0.3) is 0 Å². The SMILES string of the molecule is C[C@]12CC[C@@H](/C=C\[C@H]3CCNC3)CC1[C@@H](CO)C(=O)[C@@H]1[C@@H]2CC[C@]2(C)C(=O)CC[C@@H]12. The maximum atomic E-state index is 13.8. The fraction of sp³-hybridized carbons (Fsp3) is 0.846. The Morgan fingerprint density at radius 1 is 1.00 bits per heavy atom. The van der Waals surface area contributed by atoms with E-state index in [0.717, 1.165) is 45.2 Å². The number of aliphatic hydroxyl groups excluding tert-OH is 1. The standard InChI is InChI=1S/C26H39NO3/c1-25-10-7-16(3-4-17-9-12-27-14-17)13-21(25)18(15-28)24(30)23-19-5-6-22(29)26(19,2)11-8-20(23)25/h3-4,16-21,23,27-28H,5-15H2,1-2H3/b4-3-/t16-,17+,18-,19+,20+,21?,23+,25-,26+/m1/s1. The van der Waals surface area contributed by atoms with Crippen LogP contribution in [0.15, 0.2) is 12.2 Å². The first-order valence-electron chi connectivity index (χ1n) is 12.5. The molecule has 5 rings (SSSR count). The molecule has 1 aliphatic heterocycles. The molecule has 0 spiro atoms. The predicted octanol–water partition coefficient (Wildman–Crippen LogP) is 3.78. The minimum absolute atomic E-state index is 0.00902. The summed E-state index contributed by atoms with van der Waals surface area (Å²) in [5, 5.41) is 13.8. The van der Waals surface area contributed by atoms with E-state index in [1.807, 2.05) is 0 Å². The van der Waals surface area contributed by atoms with Crippen molar-refractivity contribution < 1.29 is 14.7 Å². The molecule has 9 atom stereocenters. The lowest BCUT2D eigenvalue weighted by molar-refractivity contribution is -0.171. The number of carbonyl (C=O) groups excluding carboxylic acids is 2. The van der Waals surface area contributed by atoms with Crippen LogP contribution in [0, 0.1) is 52.3 Å². The maximum Gasteiger partial charge on any atom is 0.142 e. The Bertz CT molecular complexity index is 741. The molecule has 2 N–H and O–H groups in total. The third-order valence-electron chi connectivity index (χ3n) is 10.4. The number of fused-ring (bicyclic) bond motifs is 5. The van der Waals surface area contributed by atoms with Gasteiger partial charge in [0.1, 0.15) is 11.6 Å². The molecule has 0 bridgehead atoms. The van der Waals surface area contributed by atoms with Gasteiger partial charge in [-0.1, -0.05) is 26.0 Å². The van der Waals surface area contributed by atoms with Gasteiger partial charge in [-0.25, -0.2) is 0 Å². The topological polar surface area (TPSA) is 66.4 Å². The van der Waals surface area contributed by atoms with E-state index in [1.165, 1.54) is 12.8 Å². The molecule has 1 unspecified atom stereocenters. The molecule has 166 valence electrons. The Balaban J connectivity index is 1.41. The molecule has 1 saturated heterocycles. The van der Waals surface area contributed by atoms with Crippen molar-refractivity contribution in [3.8, 4) is 0 Å². The molecule has 0 aromatic rings. The Morgan fingerprint density at radius 2 is 1.80 bits per heavy atom. The van der Waals surface area contributed by atoms with Crippen molar-refractivity contribution in [1.29, 1.82) is 0 Å². The molecule has 5 fully saturated rings. The highest BCUT2D eigenvalue weighted by Gasteiger charge is 2.64. The highest BCUT2D eigenvalue weighted by Crippen LogP contribution is 2.66. The van der Waals surface area contributed by atoms with Gasteiger partial charge in [0.2, 0.25) is 0 Å². The largest absolute Gasteiger partial charge is 0.396 e. The first-order valence-corrected chi connectivity index (χ1v) is 12.5. The monoisotopic (exact) mass is 413 g/mol. The molecule has 0 amide bonds. The van der Waals surface area contributed by atoms with E-state index in [9.17, 15) is 14.7 Å². The van der Waals surface area contributed by atoms with Gasteiger partial charge in [0.05, 0.1) is 6.61 Å². The lowest BCUT2D eigenvalue weighted by Crippen LogP contribution is -2.60. The van der Waals surface area contributed by atoms with Gasteiger partial charge in [0.25, 0.3) is 0 Å². The fourth-order valence-corrected chi connectivity index (χ4v) is 8.52. The fourth-order valence-electron chi connectivity index (χ4n) is 8.52. The summed E-state index contributed by atoms with van der Waals surface area (Å²) >= 11 is 0. The molecule has 0 radical (unpaired) electrons. The van der Waals surface area contributed by atoms with Gasteiger partial charge < -0.3 is 10.4 Å². The Labute approximate surface area is 181 Å². The van der Waals surface area contributed by atoms with Gasteiger partial charge in [-0.15, -0.1) is 0 Å². The lowest BCUT2D eigenvalue weighted by Gasteiger charge is -2.61. The Hall–Kier alpha value is -1.00. The first kappa shape index (κ1) is 20.9. The van der Waals surface area contributed by atoms with Crippen LogP contribution in [0.5, 0.6) is 0 Å². The van der Waals surface area contributed by atoms with E-state index >= 15 is 0 Å². The van der Waals surface area contributed by atoms with Gasteiger partial charge in [0.15, 0.2) is 0 Å². The smallest absolute Gasteiger partial charge is 0.142 e. The molecule has 0 aromatic carbocycles. The van der Waals surface area contributed by atoms with Crippen LogP contribution in [0.4, 0.5) is 0 Å². The van der Waals surface area contributed by atoms with Crippen molar-refractivity contribution >= 4 is 11.6 Å². The summed E-state index contributed by atoms with van der Waals surface area (Å²) in [4.78, 5) is 26.4. The number of rotatable bonds is 3. The molecule has 4 nitrogen and oxygen atoms in total. The van der Waals surface area contributed by atoms with E-state index in [2.05, 4.69) is 31.3 Å². The van der Waals surface area contributed by atoms with Crippen LogP contribution in [-0.4, -0.2) is 36.4 Å². The number of ketones is 2. The minimum Gasteiger partial charge on any atom is -0.396 e. The quantitative estimate of drug-likeness (QED) is 0.691. The summed E-state index contributed by atoms with van der Waals surface area (Å²) in [6, 6.07) is 0. The van der Waals surface area contributed by atoms with Crippen molar-refractivity contribution in [1.82, 2.24) is 5.32 Å². The summed E-state index contributed by atoms with van der Waals surface area (Å²) in [5.41, 5.74) is -0.173. The second-order valence-electron chi connectivity index (χ2n) is 11.6. The molecule has 4 aliphatic carbocycles. The predicted molar refractivity (Wildman–Crippen MR) is 117 cm³/mol. The van der Waals surface area contributed by atoms with E-state index in [1.54, 1.807) is 0 Å². The number of allylic oxidation sites excluding steroid dienone is 1. The van der Waals surface area contributed by atoms with Gasteiger partial charge in [0, 0.05) is 30.2 Å². The average Bonchev–Trinajstić information content (AvgIpc) is 3.36. The number of hydrogen-bond acceptors (Lipinski definition) is 4. The molecule has 1 heterocycles. The van der Waals surface area contributed by atoms with Crippen molar-refractivity contribution in [3.05, 3.63) is 12.2 Å². The summed E-state index contributed by atoms with van der Waals surface area (Å²) < 4.78 is 0. The summed E-state index contributed by atoms with van der Waals surface area (Å²) in [6.45, 7) is 6.73. The first-order chi connectivity index (χ1) is 14.4. The summed E-state index contributed by atoms with van der Waals surface area (Å²) in [5.74, 6) is 2.49. The van der Waals surface area contributed by atoms with Gasteiger partial charge >= 0.3 is 0 Å². The zero-order valence-electron chi connectivity index (χ0n) is 18.7. The van der Waals surface area contributed by atoms with E-state index < -0.39 is 0 Å². The Morgan fingerprint density at radius 3 is 2.53 bits per heavy atom. The van der Waals surface area contributed by atoms with Crippen LogP contribution < -0.4 is 5.32 Å². The van der Waals surface area contributed by atoms with Crippen LogP contribution in [-0.2, 0) is 9.59 Å². The maximum absolute atomic E-state index is 13.8. The molecular formula is C26H39NO3. The second-order valence-corrected chi connectivity index (χ2v) is 11.6. The number of aliphatic hydroxyl groups is 1. The summed E-state index contributed by atoms with van der Waals surface area (Å²) in [7, 11) is 0. The molecule has 4 heteroatoms. The molecule has 5 aliphatic rings. The molecule has 0 aromatic heterocycles. The molecular weight excluding hydrogens is 374 g/mol. The van der Waals surface area contributed by atoms with E-state index in [0.29, 0.717) is 35.7 Å². The zero-order chi connectivity index (χ0) is 21.1. The van der Waals surface area contributed by atoms with Crippen LogP contribution in [0.2, 0.25) is 0 Å². The highest BCUT2D eigenvalue weighted by molar-refractivity contribution is 5.91. The van der Waals surface area contributed by atoms with Gasteiger partial charge in [-0.3, -0.25) is 9.59 Å². The third-order valence-corrected chi connectivity index (χ3v) is 10.4. The Kier molecular flexibility index (Phi) is 5.25. The van der Waals surface area contributed by atoms with Crippen molar-refractivity contribution in [3.63, 3.8) is 0 Å². The van der Waals surface area contributed by atoms with E-state index in [4.69, 9.17) is 0 Å². The van der Waals surface area contributed by atoms with Gasteiger partial charge in [-0.05, 0) is 86.5 Å². The van der Waals surface area contributed by atoms with Crippen LogP contribution in [0.1, 0.15) is 65.2 Å². The highest BCUT2D eigenvalue weighted by atomic mass is 16.3. The van der Waals surface area contributed by atoms with E-state index in [-0.39, 0.29) is 41.1 Å². The average molecular weight is 414 g/mol. The van der Waals surface area contributed by atoms with Crippen LogP contribution in [0.3, 0.4) is 0 Å². The van der Waals surface area contributed by atoms with Crippen molar-refractivity contribution in [2.45, 2.75) is 65.2 Å². The van der Waals surface area contributed by atoms with Crippen LogP contribution >= 0.6 is 0 Å². The number of hydrogen-bond donors (Lipinski definition) is 2. The number of nitrogens with one attached hydrogen (secondary N) is 1. The third kappa shape index (κ3) is 3.00. The van der Waals surface area contributed by atoms with Gasteiger partial charge in [-0.2, -0.15) is 0 Å². The number of carbonyl (C=O) groups is 2.